The minimum atomic E-state index is -0.0104. The summed E-state index contributed by atoms with van der Waals surface area (Å²) in [5, 5.41) is 4.76. The number of halogens is 1. The van der Waals surface area contributed by atoms with Gasteiger partial charge in [0, 0.05) is 22.1 Å². The van der Waals surface area contributed by atoms with E-state index in [1.807, 2.05) is 72.3 Å². The molecule has 0 aliphatic rings. The van der Waals surface area contributed by atoms with E-state index in [1.165, 1.54) is 0 Å². The van der Waals surface area contributed by atoms with Crippen LogP contribution in [0, 0.1) is 0 Å². The standard InChI is InChI=1S/C18H17ClN2O/c1-13(14-5-3-2-4-6-14)20-18(22)12-21-10-9-15-11-16(19)7-8-17(15)21/h2-11,13H,12H2,1H3,(H,20,22). The number of amides is 1. The van der Waals surface area contributed by atoms with Gasteiger partial charge >= 0.3 is 0 Å². The summed E-state index contributed by atoms with van der Waals surface area (Å²) < 4.78 is 1.93. The number of fused-ring (bicyclic) bond motifs is 1. The highest BCUT2D eigenvalue weighted by Crippen LogP contribution is 2.20. The molecule has 22 heavy (non-hydrogen) atoms. The first kappa shape index (κ1) is 14.7. The summed E-state index contributed by atoms with van der Waals surface area (Å²) in [6.45, 7) is 2.28. The van der Waals surface area contributed by atoms with Crippen molar-refractivity contribution in [2.24, 2.45) is 0 Å². The lowest BCUT2D eigenvalue weighted by Crippen LogP contribution is -2.29. The van der Waals surface area contributed by atoms with Gasteiger partial charge in [0.2, 0.25) is 5.91 Å². The highest BCUT2D eigenvalue weighted by atomic mass is 35.5. The van der Waals surface area contributed by atoms with Gasteiger partial charge in [-0.05, 0) is 36.8 Å². The number of nitrogens with one attached hydrogen (secondary N) is 1. The van der Waals surface area contributed by atoms with Crippen LogP contribution in [0.5, 0.6) is 0 Å². The number of nitrogens with zero attached hydrogens (tertiary/aromatic N) is 1. The van der Waals surface area contributed by atoms with E-state index in [-0.39, 0.29) is 11.9 Å². The lowest BCUT2D eigenvalue weighted by atomic mass is 10.1. The molecule has 0 saturated heterocycles. The number of hydrogen-bond donors (Lipinski definition) is 1. The maximum absolute atomic E-state index is 12.2. The Morgan fingerprint density at radius 3 is 2.73 bits per heavy atom. The first-order valence-electron chi connectivity index (χ1n) is 7.22. The normalized spacial score (nSPS) is 12.3. The molecule has 2 aromatic carbocycles. The third-order valence-corrected chi connectivity index (χ3v) is 3.96. The van der Waals surface area contributed by atoms with Crippen molar-refractivity contribution >= 4 is 28.4 Å². The summed E-state index contributed by atoms with van der Waals surface area (Å²) >= 11 is 5.98. The number of rotatable bonds is 4. The van der Waals surface area contributed by atoms with Crippen LogP contribution < -0.4 is 5.32 Å². The molecule has 3 aromatic rings. The first-order chi connectivity index (χ1) is 10.6. The first-order valence-corrected chi connectivity index (χ1v) is 7.60. The van der Waals surface area contributed by atoms with Crippen molar-refractivity contribution in [2.75, 3.05) is 0 Å². The van der Waals surface area contributed by atoms with E-state index in [1.54, 1.807) is 0 Å². The van der Waals surface area contributed by atoms with Crippen molar-refractivity contribution in [1.29, 1.82) is 0 Å². The molecule has 0 radical (unpaired) electrons. The Kier molecular flexibility index (Phi) is 4.16. The van der Waals surface area contributed by atoms with Crippen LogP contribution in [-0.2, 0) is 11.3 Å². The van der Waals surface area contributed by atoms with Crippen LogP contribution in [0.3, 0.4) is 0 Å². The molecule has 0 aliphatic heterocycles. The Morgan fingerprint density at radius 1 is 1.18 bits per heavy atom. The van der Waals surface area contributed by atoms with Crippen LogP contribution >= 0.6 is 11.6 Å². The van der Waals surface area contributed by atoms with Crippen LogP contribution in [0.4, 0.5) is 0 Å². The molecule has 4 heteroatoms. The van der Waals surface area contributed by atoms with Gasteiger partial charge < -0.3 is 9.88 Å². The van der Waals surface area contributed by atoms with Crippen LogP contribution in [-0.4, -0.2) is 10.5 Å². The van der Waals surface area contributed by atoms with E-state index in [4.69, 9.17) is 11.6 Å². The van der Waals surface area contributed by atoms with Crippen molar-refractivity contribution in [2.45, 2.75) is 19.5 Å². The lowest BCUT2D eigenvalue weighted by Gasteiger charge is -2.15. The van der Waals surface area contributed by atoms with Crippen molar-refractivity contribution < 1.29 is 4.79 Å². The monoisotopic (exact) mass is 312 g/mol. The molecule has 3 nitrogen and oxygen atoms in total. The Labute approximate surface area is 134 Å². The van der Waals surface area contributed by atoms with Gasteiger partial charge in [-0.15, -0.1) is 0 Å². The third kappa shape index (κ3) is 3.15. The molecule has 0 fully saturated rings. The SMILES string of the molecule is CC(NC(=O)Cn1ccc2cc(Cl)ccc21)c1ccccc1. The van der Waals surface area contributed by atoms with Gasteiger partial charge in [-0.25, -0.2) is 0 Å². The van der Waals surface area contributed by atoms with Crippen LogP contribution in [0.15, 0.2) is 60.8 Å². The molecule has 3 rings (SSSR count). The van der Waals surface area contributed by atoms with Gasteiger partial charge in [0.1, 0.15) is 6.54 Å². The summed E-state index contributed by atoms with van der Waals surface area (Å²) in [6, 6.07) is 17.6. The Hall–Kier alpha value is -2.26. The highest BCUT2D eigenvalue weighted by Gasteiger charge is 2.11. The number of aromatic nitrogens is 1. The summed E-state index contributed by atoms with van der Waals surface area (Å²) in [6.07, 6.45) is 1.91. The van der Waals surface area contributed by atoms with Crippen LogP contribution in [0.1, 0.15) is 18.5 Å². The van der Waals surface area contributed by atoms with Gasteiger partial charge in [0.15, 0.2) is 0 Å². The maximum atomic E-state index is 12.2. The Balaban J connectivity index is 1.71. The van der Waals surface area contributed by atoms with Crippen LogP contribution in [0.2, 0.25) is 5.02 Å². The number of hydrogen-bond acceptors (Lipinski definition) is 1. The second kappa shape index (κ2) is 6.24. The predicted molar refractivity (Wildman–Crippen MR) is 89.9 cm³/mol. The average Bonchev–Trinajstić information content (AvgIpc) is 2.90. The van der Waals surface area contributed by atoms with Gasteiger partial charge in [-0.3, -0.25) is 4.79 Å². The van der Waals surface area contributed by atoms with Crippen molar-refractivity contribution in [3.8, 4) is 0 Å². The number of benzene rings is 2. The van der Waals surface area contributed by atoms with E-state index in [0.29, 0.717) is 11.6 Å². The molecule has 1 atom stereocenters. The molecule has 0 bridgehead atoms. The maximum Gasteiger partial charge on any atom is 0.240 e. The molecule has 112 valence electrons. The summed E-state index contributed by atoms with van der Waals surface area (Å²) in [5.41, 5.74) is 2.10. The minimum absolute atomic E-state index is 0.00929. The number of carbonyl (C=O) groups is 1. The molecule has 0 aliphatic carbocycles. The molecule has 1 aromatic heterocycles. The van der Waals surface area contributed by atoms with E-state index in [2.05, 4.69) is 5.32 Å². The quantitative estimate of drug-likeness (QED) is 0.770. The minimum Gasteiger partial charge on any atom is -0.348 e. The molecule has 1 N–H and O–H groups in total. The van der Waals surface area contributed by atoms with E-state index in [9.17, 15) is 4.79 Å². The zero-order chi connectivity index (χ0) is 15.5. The second-order valence-corrected chi connectivity index (χ2v) is 5.78. The molecular weight excluding hydrogens is 296 g/mol. The number of carbonyl (C=O) groups excluding carboxylic acids is 1. The van der Waals surface area contributed by atoms with Gasteiger partial charge in [-0.1, -0.05) is 41.9 Å². The van der Waals surface area contributed by atoms with E-state index in [0.717, 1.165) is 16.5 Å². The fourth-order valence-corrected chi connectivity index (χ4v) is 2.76. The zero-order valence-corrected chi connectivity index (χ0v) is 13.0. The van der Waals surface area contributed by atoms with Gasteiger partial charge in [-0.2, -0.15) is 0 Å². The Bertz CT molecular complexity index is 795. The third-order valence-electron chi connectivity index (χ3n) is 3.72. The lowest BCUT2D eigenvalue weighted by molar-refractivity contribution is -0.122. The highest BCUT2D eigenvalue weighted by molar-refractivity contribution is 6.31. The van der Waals surface area contributed by atoms with E-state index < -0.39 is 0 Å². The zero-order valence-electron chi connectivity index (χ0n) is 12.3. The van der Waals surface area contributed by atoms with Gasteiger partial charge in [0.05, 0.1) is 6.04 Å². The molecular formula is C18H17ClN2O. The summed E-state index contributed by atoms with van der Waals surface area (Å²) in [7, 11) is 0. The van der Waals surface area contributed by atoms with Crippen molar-refractivity contribution in [3.63, 3.8) is 0 Å². The smallest absolute Gasteiger partial charge is 0.240 e. The fraction of sp³-hybridized carbons (Fsp3) is 0.167. The molecule has 1 heterocycles. The second-order valence-electron chi connectivity index (χ2n) is 5.35. The molecule has 0 saturated carbocycles. The fourth-order valence-electron chi connectivity index (χ4n) is 2.58. The molecule has 0 spiro atoms. The topological polar surface area (TPSA) is 34.0 Å². The molecule has 1 unspecified atom stereocenters. The van der Waals surface area contributed by atoms with E-state index >= 15 is 0 Å². The molecule has 1 amide bonds. The van der Waals surface area contributed by atoms with Gasteiger partial charge in [0.25, 0.3) is 0 Å². The van der Waals surface area contributed by atoms with Crippen molar-refractivity contribution in [3.05, 3.63) is 71.4 Å². The summed E-state index contributed by atoms with van der Waals surface area (Å²) in [5.74, 6) is -0.0104. The predicted octanol–water partition coefficient (Wildman–Crippen LogP) is 4.17. The van der Waals surface area contributed by atoms with Crippen LogP contribution in [0.25, 0.3) is 10.9 Å². The summed E-state index contributed by atoms with van der Waals surface area (Å²) in [4.78, 5) is 12.2. The largest absolute Gasteiger partial charge is 0.348 e. The average molecular weight is 313 g/mol. The van der Waals surface area contributed by atoms with Crippen molar-refractivity contribution in [1.82, 2.24) is 9.88 Å². The Morgan fingerprint density at radius 2 is 1.95 bits per heavy atom.